The Morgan fingerprint density at radius 2 is 1.95 bits per heavy atom. The standard InChI is InChI=1S/C15H21N3O/c16-12-8-10-6-7-15(19)18-13(10)9-14(12)17-11-4-2-1-3-5-11/h8-9,11,17H,1-7,16H2,(H,18,19). The zero-order chi connectivity index (χ0) is 13.2. The number of benzene rings is 1. The lowest BCUT2D eigenvalue weighted by Crippen LogP contribution is -2.24. The molecule has 4 heteroatoms. The molecule has 1 aromatic carbocycles. The van der Waals surface area contributed by atoms with Gasteiger partial charge >= 0.3 is 0 Å². The lowest BCUT2D eigenvalue weighted by Gasteiger charge is -2.26. The zero-order valence-electron chi connectivity index (χ0n) is 11.2. The average molecular weight is 259 g/mol. The van der Waals surface area contributed by atoms with Gasteiger partial charge in [0.1, 0.15) is 0 Å². The molecule has 0 unspecified atom stereocenters. The summed E-state index contributed by atoms with van der Waals surface area (Å²) in [6.45, 7) is 0. The molecule has 1 fully saturated rings. The lowest BCUT2D eigenvalue weighted by atomic mass is 9.95. The molecule has 4 N–H and O–H groups in total. The summed E-state index contributed by atoms with van der Waals surface area (Å²) in [6.07, 6.45) is 7.69. The summed E-state index contributed by atoms with van der Waals surface area (Å²) in [5.41, 5.74) is 9.94. The highest BCUT2D eigenvalue weighted by Gasteiger charge is 2.19. The molecule has 0 radical (unpaired) electrons. The summed E-state index contributed by atoms with van der Waals surface area (Å²) < 4.78 is 0. The molecule has 0 spiro atoms. The Labute approximate surface area is 113 Å². The summed E-state index contributed by atoms with van der Waals surface area (Å²) in [6, 6.07) is 4.52. The van der Waals surface area contributed by atoms with Crippen molar-refractivity contribution in [1.29, 1.82) is 0 Å². The van der Waals surface area contributed by atoms with Crippen LogP contribution in [0.1, 0.15) is 44.1 Å². The third kappa shape index (κ3) is 2.67. The minimum Gasteiger partial charge on any atom is -0.397 e. The van der Waals surface area contributed by atoms with Crippen LogP contribution in [0.5, 0.6) is 0 Å². The maximum Gasteiger partial charge on any atom is 0.224 e. The first-order valence-electron chi connectivity index (χ1n) is 7.21. The van der Waals surface area contributed by atoms with Crippen LogP contribution < -0.4 is 16.4 Å². The van der Waals surface area contributed by atoms with Gasteiger partial charge in [0, 0.05) is 18.2 Å². The molecule has 0 bridgehead atoms. The van der Waals surface area contributed by atoms with Crippen LogP contribution in [-0.2, 0) is 11.2 Å². The highest BCUT2D eigenvalue weighted by Crippen LogP contribution is 2.32. The molecule has 19 heavy (non-hydrogen) atoms. The first-order valence-corrected chi connectivity index (χ1v) is 7.21. The van der Waals surface area contributed by atoms with E-state index in [1.807, 2.05) is 12.1 Å². The predicted molar refractivity (Wildman–Crippen MR) is 78.3 cm³/mol. The molecule has 4 nitrogen and oxygen atoms in total. The topological polar surface area (TPSA) is 67.2 Å². The van der Waals surface area contributed by atoms with Gasteiger partial charge in [0.05, 0.1) is 11.4 Å². The monoisotopic (exact) mass is 259 g/mol. The summed E-state index contributed by atoms with van der Waals surface area (Å²) in [5, 5.41) is 6.47. The van der Waals surface area contributed by atoms with Crippen LogP contribution in [0.15, 0.2) is 12.1 Å². The van der Waals surface area contributed by atoms with Crippen LogP contribution in [0.3, 0.4) is 0 Å². The summed E-state index contributed by atoms with van der Waals surface area (Å²) in [7, 11) is 0. The molecular weight excluding hydrogens is 238 g/mol. The summed E-state index contributed by atoms with van der Waals surface area (Å²) in [4.78, 5) is 11.4. The molecule has 102 valence electrons. The van der Waals surface area contributed by atoms with Crippen molar-refractivity contribution in [1.82, 2.24) is 0 Å². The van der Waals surface area contributed by atoms with E-state index in [1.165, 1.54) is 32.1 Å². The van der Waals surface area contributed by atoms with E-state index >= 15 is 0 Å². The van der Waals surface area contributed by atoms with Gasteiger partial charge < -0.3 is 16.4 Å². The molecule has 0 aromatic heterocycles. The smallest absolute Gasteiger partial charge is 0.224 e. The number of aryl methyl sites for hydroxylation is 1. The van der Waals surface area contributed by atoms with E-state index in [0.29, 0.717) is 12.5 Å². The Balaban J connectivity index is 1.80. The Hall–Kier alpha value is -1.71. The first-order chi connectivity index (χ1) is 9.22. The van der Waals surface area contributed by atoms with E-state index in [-0.39, 0.29) is 5.91 Å². The van der Waals surface area contributed by atoms with E-state index in [2.05, 4.69) is 10.6 Å². The third-order valence-corrected chi connectivity index (χ3v) is 4.14. The molecule has 2 aliphatic rings. The van der Waals surface area contributed by atoms with Gasteiger partial charge in [-0.2, -0.15) is 0 Å². The number of rotatable bonds is 2. The fourth-order valence-corrected chi connectivity index (χ4v) is 3.04. The van der Waals surface area contributed by atoms with Gasteiger partial charge in [-0.15, -0.1) is 0 Å². The van der Waals surface area contributed by atoms with Crippen molar-refractivity contribution in [3.8, 4) is 0 Å². The van der Waals surface area contributed by atoms with Gasteiger partial charge in [-0.25, -0.2) is 0 Å². The summed E-state index contributed by atoms with van der Waals surface area (Å²) >= 11 is 0. The second kappa shape index (κ2) is 5.11. The first kappa shape index (κ1) is 12.3. The third-order valence-electron chi connectivity index (χ3n) is 4.14. The fourth-order valence-electron chi connectivity index (χ4n) is 3.04. The number of fused-ring (bicyclic) bond motifs is 1. The Bertz CT molecular complexity index is 492. The van der Waals surface area contributed by atoms with Crippen LogP contribution in [0, 0.1) is 0 Å². The van der Waals surface area contributed by atoms with Crippen molar-refractivity contribution >= 4 is 23.0 Å². The molecule has 1 aromatic rings. The van der Waals surface area contributed by atoms with Gasteiger partial charge in [0.15, 0.2) is 0 Å². The van der Waals surface area contributed by atoms with Crippen LogP contribution in [0.4, 0.5) is 17.1 Å². The van der Waals surface area contributed by atoms with Crippen molar-refractivity contribution in [3.05, 3.63) is 17.7 Å². The van der Waals surface area contributed by atoms with Crippen molar-refractivity contribution in [3.63, 3.8) is 0 Å². The highest BCUT2D eigenvalue weighted by molar-refractivity contribution is 5.95. The van der Waals surface area contributed by atoms with E-state index in [1.54, 1.807) is 0 Å². The Morgan fingerprint density at radius 1 is 1.16 bits per heavy atom. The van der Waals surface area contributed by atoms with E-state index < -0.39 is 0 Å². The second-order valence-electron chi connectivity index (χ2n) is 5.62. The number of nitrogens with two attached hydrogens (primary N) is 1. The molecule has 0 atom stereocenters. The minimum absolute atomic E-state index is 0.0980. The Kier molecular flexibility index (Phi) is 3.32. The minimum atomic E-state index is 0.0980. The molecule has 3 rings (SSSR count). The van der Waals surface area contributed by atoms with Crippen molar-refractivity contribution < 1.29 is 4.79 Å². The number of nitrogen functional groups attached to an aromatic ring is 1. The normalized spacial score (nSPS) is 19.7. The van der Waals surface area contributed by atoms with Crippen LogP contribution in [0.25, 0.3) is 0 Å². The average Bonchev–Trinajstić information content (AvgIpc) is 2.41. The predicted octanol–water partition coefficient (Wildman–Crippen LogP) is 2.90. The van der Waals surface area contributed by atoms with Gasteiger partial charge in [-0.1, -0.05) is 19.3 Å². The van der Waals surface area contributed by atoms with Gasteiger partial charge in [0.25, 0.3) is 0 Å². The van der Waals surface area contributed by atoms with Crippen molar-refractivity contribution in [2.75, 3.05) is 16.4 Å². The lowest BCUT2D eigenvalue weighted by molar-refractivity contribution is -0.116. The van der Waals surface area contributed by atoms with Crippen LogP contribution in [-0.4, -0.2) is 11.9 Å². The summed E-state index contributed by atoms with van der Waals surface area (Å²) in [5.74, 6) is 0.0980. The largest absolute Gasteiger partial charge is 0.397 e. The molecule has 1 heterocycles. The van der Waals surface area contributed by atoms with Crippen LogP contribution >= 0.6 is 0 Å². The number of amides is 1. The number of carbonyl (C=O) groups excluding carboxylic acids is 1. The number of carbonyl (C=O) groups is 1. The molecular formula is C15H21N3O. The van der Waals surface area contributed by atoms with Gasteiger partial charge in [-0.05, 0) is 37.0 Å². The fraction of sp³-hybridized carbons (Fsp3) is 0.533. The quantitative estimate of drug-likeness (QED) is 0.715. The van der Waals surface area contributed by atoms with E-state index in [0.717, 1.165) is 29.0 Å². The van der Waals surface area contributed by atoms with E-state index in [4.69, 9.17) is 5.73 Å². The highest BCUT2D eigenvalue weighted by atomic mass is 16.1. The zero-order valence-corrected chi connectivity index (χ0v) is 11.2. The van der Waals surface area contributed by atoms with E-state index in [9.17, 15) is 4.79 Å². The number of hydrogen-bond acceptors (Lipinski definition) is 3. The van der Waals surface area contributed by atoms with Crippen molar-refractivity contribution in [2.45, 2.75) is 51.0 Å². The van der Waals surface area contributed by atoms with Crippen molar-refractivity contribution in [2.24, 2.45) is 0 Å². The van der Waals surface area contributed by atoms with Gasteiger partial charge in [0.2, 0.25) is 5.91 Å². The number of hydrogen-bond donors (Lipinski definition) is 3. The second-order valence-corrected chi connectivity index (χ2v) is 5.62. The molecule has 1 amide bonds. The maximum atomic E-state index is 11.4. The number of anilines is 3. The molecule has 0 saturated heterocycles. The SMILES string of the molecule is Nc1cc2c(cc1NC1CCCCC1)NC(=O)CC2. The van der Waals surface area contributed by atoms with Gasteiger partial charge in [-0.3, -0.25) is 4.79 Å². The number of nitrogens with one attached hydrogen (secondary N) is 2. The van der Waals surface area contributed by atoms with Crippen LogP contribution in [0.2, 0.25) is 0 Å². The maximum absolute atomic E-state index is 11.4. The molecule has 1 aliphatic heterocycles. The molecule has 1 aliphatic carbocycles. The Morgan fingerprint density at radius 3 is 2.74 bits per heavy atom. The molecule has 1 saturated carbocycles.